The molecule has 5 nitrogen and oxygen atoms in total. The molecule has 6 heteroatoms. The second-order valence-electron chi connectivity index (χ2n) is 4.57. The molecule has 1 aromatic rings. The molecule has 0 saturated heterocycles. The third kappa shape index (κ3) is 3.07. The quantitative estimate of drug-likeness (QED) is 0.827. The molecule has 0 atom stereocenters. The maximum Gasteiger partial charge on any atom is 0.216 e. The number of benzene rings is 1. The summed E-state index contributed by atoms with van der Waals surface area (Å²) >= 11 is 0. The van der Waals surface area contributed by atoms with Crippen molar-refractivity contribution < 1.29 is 8.42 Å². The average Bonchev–Trinajstić information content (AvgIpc) is 2.27. The van der Waals surface area contributed by atoms with E-state index in [1.165, 1.54) is 0 Å². The van der Waals surface area contributed by atoms with Gasteiger partial charge < -0.3 is 5.73 Å². The van der Waals surface area contributed by atoms with E-state index in [0.29, 0.717) is 24.0 Å². The molecular formula is C12H15N3O2S. The SMILES string of the molecule is N#Cc1ccccc1CS(=O)(=O)NC1CC(N)C1. The molecule has 3 N–H and O–H groups in total. The van der Waals surface area contributed by atoms with E-state index in [4.69, 9.17) is 11.0 Å². The minimum atomic E-state index is -3.41. The summed E-state index contributed by atoms with van der Waals surface area (Å²) in [5, 5.41) is 8.91. The second kappa shape index (κ2) is 5.06. The van der Waals surface area contributed by atoms with Crippen LogP contribution < -0.4 is 10.5 Å². The third-order valence-corrected chi connectivity index (χ3v) is 4.39. The lowest BCUT2D eigenvalue weighted by Crippen LogP contribution is -2.50. The fourth-order valence-corrected chi connectivity index (χ4v) is 3.46. The number of sulfonamides is 1. The van der Waals surface area contributed by atoms with Crippen LogP contribution in [0.5, 0.6) is 0 Å². The van der Waals surface area contributed by atoms with E-state index >= 15 is 0 Å². The molecule has 0 radical (unpaired) electrons. The molecular weight excluding hydrogens is 250 g/mol. The number of hydrogen-bond donors (Lipinski definition) is 2. The van der Waals surface area contributed by atoms with E-state index < -0.39 is 10.0 Å². The summed E-state index contributed by atoms with van der Waals surface area (Å²) in [5.41, 5.74) is 6.53. The second-order valence-corrected chi connectivity index (χ2v) is 6.33. The fourth-order valence-electron chi connectivity index (χ4n) is 2.01. The Kier molecular flexibility index (Phi) is 3.66. The Morgan fingerprint density at radius 1 is 1.39 bits per heavy atom. The first-order chi connectivity index (χ1) is 8.50. The zero-order valence-electron chi connectivity index (χ0n) is 9.83. The molecule has 1 fully saturated rings. The molecule has 2 rings (SSSR count). The number of nitrogens with two attached hydrogens (primary N) is 1. The lowest BCUT2D eigenvalue weighted by Gasteiger charge is -2.32. The van der Waals surface area contributed by atoms with Crippen molar-refractivity contribution >= 4 is 10.0 Å². The highest BCUT2D eigenvalue weighted by Crippen LogP contribution is 2.19. The van der Waals surface area contributed by atoms with Crippen molar-refractivity contribution in [3.63, 3.8) is 0 Å². The molecule has 1 aromatic carbocycles. The lowest BCUT2D eigenvalue weighted by molar-refractivity contribution is 0.327. The van der Waals surface area contributed by atoms with E-state index in [1.807, 2.05) is 6.07 Å². The first-order valence-electron chi connectivity index (χ1n) is 5.74. The first kappa shape index (κ1) is 13.0. The summed E-state index contributed by atoms with van der Waals surface area (Å²) in [6.45, 7) is 0. The van der Waals surface area contributed by atoms with E-state index in [1.54, 1.807) is 24.3 Å². The van der Waals surface area contributed by atoms with Crippen LogP contribution in [0.2, 0.25) is 0 Å². The van der Waals surface area contributed by atoms with Gasteiger partial charge in [0.15, 0.2) is 0 Å². The van der Waals surface area contributed by atoms with Crippen molar-refractivity contribution in [2.24, 2.45) is 5.73 Å². The lowest BCUT2D eigenvalue weighted by atomic mass is 9.89. The van der Waals surface area contributed by atoms with Crippen LogP contribution in [0.4, 0.5) is 0 Å². The van der Waals surface area contributed by atoms with Gasteiger partial charge in [-0.15, -0.1) is 0 Å². The predicted octanol–water partition coefficient (Wildman–Crippen LogP) is 0.467. The van der Waals surface area contributed by atoms with Gasteiger partial charge in [-0.1, -0.05) is 18.2 Å². The summed E-state index contributed by atoms with van der Waals surface area (Å²) in [6, 6.07) is 8.75. The van der Waals surface area contributed by atoms with Gasteiger partial charge in [0.1, 0.15) is 0 Å². The minimum Gasteiger partial charge on any atom is -0.328 e. The Morgan fingerprint density at radius 2 is 2.06 bits per heavy atom. The van der Waals surface area contributed by atoms with Crippen LogP contribution in [-0.4, -0.2) is 20.5 Å². The van der Waals surface area contributed by atoms with Crippen LogP contribution in [0, 0.1) is 11.3 Å². The van der Waals surface area contributed by atoms with Gasteiger partial charge in [0.25, 0.3) is 0 Å². The Hall–Kier alpha value is -1.42. The standard InChI is InChI=1S/C12H15N3O2S/c13-7-9-3-1-2-4-10(9)8-18(16,17)15-12-5-11(14)6-12/h1-4,11-12,15H,5-6,8,14H2. The van der Waals surface area contributed by atoms with Gasteiger partial charge in [0.05, 0.1) is 17.4 Å². The summed E-state index contributed by atoms with van der Waals surface area (Å²) < 4.78 is 26.4. The number of rotatable bonds is 4. The highest BCUT2D eigenvalue weighted by atomic mass is 32.2. The molecule has 1 aliphatic carbocycles. The zero-order chi connectivity index (χ0) is 13.2. The molecule has 0 heterocycles. The Bertz CT molecular complexity index is 571. The van der Waals surface area contributed by atoms with Gasteiger partial charge in [-0.3, -0.25) is 0 Å². The van der Waals surface area contributed by atoms with Gasteiger partial charge in [-0.05, 0) is 24.5 Å². The minimum absolute atomic E-state index is 0.0563. The molecule has 0 unspecified atom stereocenters. The van der Waals surface area contributed by atoms with Crippen molar-refractivity contribution in [1.29, 1.82) is 5.26 Å². The van der Waals surface area contributed by atoms with Gasteiger partial charge in [0.2, 0.25) is 10.0 Å². The molecule has 0 amide bonds. The van der Waals surface area contributed by atoms with Crippen LogP contribution >= 0.6 is 0 Å². The molecule has 1 saturated carbocycles. The van der Waals surface area contributed by atoms with Crippen LogP contribution in [0.15, 0.2) is 24.3 Å². The summed E-state index contributed by atoms with van der Waals surface area (Å²) in [6.07, 6.45) is 1.36. The van der Waals surface area contributed by atoms with Crippen molar-refractivity contribution in [2.75, 3.05) is 0 Å². The Balaban J connectivity index is 2.06. The summed E-state index contributed by atoms with van der Waals surface area (Å²) in [4.78, 5) is 0. The maximum atomic E-state index is 11.9. The highest BCUT2D eigenvalue weighted by Gasteiger charge is 2.29. The van der Waals surface area contributed by atoms with Crippen LogP contribution in [0.1, 0.15) is 24.0 Å². The average molecular weight is 265 g/mol. The maximum absolute atomic E-state index is 11.9. The molecule has 18 heavy (non-hydrogen) atoms. The Labute approximate surface area is 107 Å². The zero-order valence-corrected chi connectivity index (χ0v) is 10.7. The number of hydrogen-bond acceptors (Lipinski definition) is 4. The van der Waals surface area contributed by atoms with Gasteiger partial charge >= 0.3 is 0 Å². The van der Waals surface area contributed by atoms with Crippen LogP contribution in [0.25, 0.3) is 0 Å². The van der Waals surface area contributed by atoms with Crippen LogP contribution in [-0.2, 0) is 15.8 Å². The van der Waals surface area contributed by atoms with E-state index in [9.17, 15) is 8.42 Å². The summed E-state index contributed by atoms with van der Waals surface area (Å²) in [5.74, 6) is -0.164. The van der Waals surface area contributed by atoms with Crippen molar-refractivity contribution in [1.82, 2.24) is 4.72 Å². The molecule has 96 valence electrons. The molecule has 0 spiro atoms. The van der Waals surface area contributed by atoms with E-state index in [2.05, 4.69) is 4.72 Å². The summed E-state index contributed by atoms with van der Waals surface area (Å²) in [7, 11) is -3.41. The smallest absolute Gasteiger partial charge is 0.216 e. The fraction of sp³-hybridized carbons (Fsp3) is 0.417. The monoisotopic (exact) mass is 265 g/mol. The topological polar surface area (TPSA) is 96.0 Å². The predicted molar refractivity (Wildman–Crippen MR) is 67.9 cm³/mol. The third-order valence-electron chi connectivity index (χ3n) is 3.00. The molecule has 1 aliphatic rings. The number of nitrogens with one attached hydrogen (secondary N) is 1. The first-order valence-corrected chi connectivity index (χ1v) is 7.39. The Morgan fingerprint density at radius 3 is 2.67 bits per heavy atom. The number of nitriles is 1. The normalized spacial score (nSPS) is 23.1. The molecule has 0 aliphatic heterocycles. The number of nitrogens with zero attached hydrogens (tertiary/aromatic N) is 1. The highest BCUT2D eigenvalue weighted by molar-refractivity contribution is 7.88. The molecule has 0 bridgehead atoms. The van der Waals surface area contributed by atoms with Gasteiger partial charge in [-0.2, -0.15) is 5.26 Å². The van der Waals surface area contributed by atoms with Crippen molar-refractivity contribution in [2.45, 2.75) is 30.7 Å². The van der Waals surface area contributed by atoms with E-state index in [0.717, 1.165) is 0 Å². The van der Waals surface area contributed by atoms with E-state index in [-0.39, 0.29) is 17.8 Å². The van der Waals surface area contributed by atoms with Gasteiger partial charge in [-0.25, -0.2) is 13.1 Å². The largest absolute Gasteiger partial charge is 0.328 e. The van der Waals surface area contributed by atoms with Crippen LogP contribution in [0.3, 0.4) is 0 Å². The molecule has 0 aromatic heterocycles. The van der Waals surface area contributed by atoms with Crippen molar-refractivity contribution in [3.05, 3.63) is 35.4 Å². The van der Waals surface area contributed by atoms with Crippen molar-refractivity contribution in [3.8, 4) is 6.07 Å². The van der Waals surface area contributed by atoms with Gasteiger partial charge in [0, 0.05) is 12.1 Å².